The van der Waals surface area contributed by atoms with Crippen molar-refractivity contribution in [2.75, 3.05) is 6.54 Å². The van der Waals surface area contributed by atoms with Crippen molar-refractivity contribution in [3.63, 3.8) is 0 Å². The molecule has 1 amide bonds. The number of carbonyl (C=O) groups is 1. The quantitative estimate of drug-likeness (QED) is 0.724. The third-order valence-corrected chi connectivity index (χ3v) is 3.77. The van der Waals surface area contributed by atoms with Crippen LogP contribution in [0.25, 0.3) is 0 Å². The molecule has 3 rings (SSSR count). The second-order valence-electron chi connectivity index (χ2n) is 5.61. The minimum absolute atomic E-state index is 0.0220. The molecule has 0 aliphatic heterocycles. The first-order chi connectivity index (χ1) is 11.7. The van der Waals surface area contributed by atoms with Gasteiger partial charge < -0.3 is 14.4 Å². The van der Waals surface area contributed by atoms with Crippen molar-refractivity contribution >= 4 is 5.91 Å². The highest BCUT2D eigenvalue weighted by atomic mass is 16.5. The summed E-state index contributed by atoms with van der Waals surface area (Å²) >= 11 is 0. The van der Waals surface area contributed by atoms with Gasteiger partial charge in [0.2, 0.25) is 11.8 Å². The molecule has 0 bridgehead atoms. The van der Waals surface area contributed by atoms with Crippen molar-refractivity contribution in [3.8, 4) is 0 Å². The van der Waals surface area contributed by atoms with Crippen LogP contribution in [0.15, 0.2) is 59.4 Å². The summed E-state index contributed by atoms with van der Waals surface area (Å²) in [6, 6.07) is 13.6. The molecule has 0 spiro atoms. The lowest BCUT2D eigenvalue weighted by molar-refractivity contribution is -0.124. The Morgan fingerprint density at radius 2 is 1.96 bits per heavy atom. The average molecular weight is 324 g/mol. The van der Waals surface area contributed by atoms with Crippen LogP contribution in [0.1, 0.15) is 23.3 Å². The largest absolute Gasteiger partial charge is 0.354 e. The van der Waals surface area contributed by atoms with E-state index in [9.17, 15) is 4.79 Å². The number of amides is 1. The summed E-state index contributed by atoms with van der Waals surface area (Å²) in [5.74, 6) is 1.12. The lowest BCUT2D eigenvalue weighted by atomic mass is 10.1. The third-order valence-electron chi connectivity index (χ3n) is 3.77. The van der Waals surface area contributed by atoms with E-state index in [4.69, 9.17) is 4.52 Å². The van der Waals surface area contributed by atoms with E-state index < -0.39 is 0 Å². The summed E-state index contributed by atoms with van der Waals surface area (Å²) in [6.07, 6.45) is 4.99. The van der Waals surface area contributed by atoms with E-state index in [1.807, 2.05) is 59.4 Å². The molecular weight excluding hydrogens is 304 g/mol. The Kier molecular flexibility index (Phi) is 5.05. The topological polar surface area (TPSA) is 73.0 Å². The standard InChI is InChI=1S/C18H20N4O2/c1-14-20-17(24-21-14)9-10-19-18(23)16(22-11-5-6-12-22)13-15-7-3-2-4-8-15/h2-8,11-12,16H,9-10,13H2,1H3,(H,19,23)/t16-/m0/s1. The molecule has 1 aromatic carbocycles. The first-order valence-electron chi connectivity index (χ1n) is 7.95. The lowest BCUT2D eigenvalue weighted by Gasteiger charge is -2.18. The van der Waals surface area contributed by atoms with Crippen molar-refractivity contribution in [2.24, 2.45) is 0 Å². The van der Waals surface area contributed by atoms with E-state index in [0.29, 0.717) is 31.1 Å². The molecule has 0 aliphatic carbocycles. The number of carbonyl (C=O) groups excluding carboxylic acids is 1. The SMILES string of the molecule is Cc1noc(CCNC(=O)[C@H](Cc2ccccc2)n2cccc2)n1. The molecule has 6 heteroatoms. The molecule has 0 radical (unpaired) electrons. The Labute approximate surface area is 140 Å². The van der Waals surface area contributed by atoms with Gasteiger partial charge in [0, 0.05) is 31.8 Å². The molecule has 2 heterocycles. The lowest BCUT2D eigenvalue weighted by Crippen LogP contribution is -2.34. The van der Waals surface area contributed by atoms with Crippen LogP contribution in [0.5, 0.6) is 0 Å². The smallest absolute Gasteiger partial charge is 0.243 e. The zero-order valence-electron chi connectivity index (χ0n) is 13.6. The maximum absolute atomic E-state index is 12.6. The van der Waals surface area contributed by atoms with Crippen LogP contribution in [0.3, 0.4) is 0 Å². The van der Waals surface area contributed by atoms with E-state index in [1.54, 1.807) is 6.92 Å². The van der Waals surface area contributed by atoms with Crippen LogP contribution in [-0.2, 0) is 17.6 Å². The third kappa shape index (κ3) is 4.10. The van der Waals surface area contributed by atoms with Crippen LogP contribution in [0, 0.1) is 6.92 Å². The monoisotopic (exact) mass is 324 g/mol. The fourth-order valence-corrected chi connectivity index (χ4v) is 2.58. The van der Waals surface area contributed by atoms with E-state index in [-0.39, 0.29) is 11.9 Å². The van der Waals surface area contributed by atoms with Crippen LogP contribution in [-0.4, -0.2) is 27.2 Å². The molecule has 6 nitrogen and oxygen atoms in total. The van der Waals surface area contributed by atoms with Crippen molar-refractivity contribution in [2.45, 2.75) is 25.8 Å². The molecule has 124 valence electrons. The number of hydrogen-bond donors (Lipinski definition) is 1. The second-order valence-corrected chi connectivity index (χ2v) is 5.61. The number of nitrogens with one attached hydrogen (secondary N) is 1. The summed E-state index contributed by atoms with van der Waals surface area (Å²) in [4.78, 5) is 16.8. The average Bonchev–Trinajstić information content (AvgIpc) is 3.25. The van der Waals surface area contributed by atoms with E-state index >= 15 is 0 Å². The molecule has 0 aliphatic rings. The van der Waals surface area contributed by atoms with Gasteiger partial charge in [-0.25, -0.2) is 0 Å². The van der Waals surface area contributed by atoms with Crippen molar-refractivity contribution < 1.29 is 9.32 Å². The highest BCUT2D eigenvalue weighted by Gasteiger charge is 2.20. The Bertz CT molecular complexity index is 765. The van der Waals surface area contributed by atoms with E-state index in [0.717, 1.165) is 5.56 Å². The number of aromatic nitrogens is 3. The first kappa shape index (κ1) is 16.0. The molecule has 3 aromatic rings. The van der Waals surface area contributed by atoms with Gasteiger partial charge in [0.15, 0.2) is 5.82 Å². The molecule has 0 unspecified atom stereocenters. The predicted molar refractivity (Wildman–Crippen MR) is 89.4 cm³/mol. The second kappa shape index (κ2) is 7.59. The fraction of sp³-hybridized carbons (Fsp3) is 0.278. The van der Waals surface area contributed by atoms with Crippen LogP contribution in [0.2, 0.25) is 0 Å². The van der Waals surface area contributed by atoms with Gasteiger partial charge in [-0.2, -0.15) is 4.98 Å². The number of benzene rings is 1. The van der Waals surface area contributed by atoms with Gasteiger partial charge in [-0.15, -0.1) is 0 Å². The number of hydrogen-bond acceptors (Lipinski definition) is 4. The molecule has 24 heavy (non-hydrogen) atoms. The summed E-state index contributed by atoms with van der Waals surface area (Å²) in [5.41, 5.74) is 1.12. The number of rotatable bonds is 7. The van der Waals surface area contributed by atoms with Crippen LogP contribution >= 0.6 is 0 Å². The van der Waals surface area contributed by atoms with Gasteiger partial charge in [0.1, 0.15) is 6.04 Å². The zero-order valence-corrected chi connectivity index (χ0v) is 13.6. The van der Waals surface area contributed by atoms with Crippen molar-refractivity contribution in [3.05, 3.63) is 72.1 Å². The van der Waals surface area contributed by atoms with Gasteiger partial charge >= 0.3 is 0 Å². The van der Waals surface area contributed by atoms with E-state index in [2.05, 4.69) is 15.5 Å². The van der Waals surface area contributed by atoms with Gasteiger partial charge in [-0.1, -0.05) is 35.5 Å². The van der Waals surface area contributed by atoms with Crippen molar-refractivity contribution in [1.82, 2.24) is 20.0 Å². The number of nitrogens with zero attached hydrogens (tertiary/aromatic N) is 3. The Hall–Kier alpha value is -2.89. The molecule has 0 fully saturated rings. The maximum atomic E-state index is 12.6. The minimum atomic E-state index is -0.285. The fourth-order valence-electron chi connectivity index (χ4n) is 2.58. The van der Waals surface area contributed by atoms with Gasteiger partial charge in [0.25, 0.3) is 0 Å². The first-order valence-corrected chi connectivity index (χ1v) is 7.95. The van der Waals surface area contributed by atoms with Crippen molar-refractivity contribution in [1.29, 1.82) is 0 Å². The molecule has 0 saturated carbocycles. The normalized spacial score (nSPS) is 12.0. The van der Waals surface area contributed by atoms with E-state index in [1.165, 1.54) is 0 Å². The summed E-state index contributed by atoms with van der Waals surface area (Å²) < 4.78 is 6.99. The molecule has 1 N–H and O–H groups in total. The molecule has 0 saturated heterocycles. The summed E-state index contributed by atoms with van der Waals surface area (Å²) in [7, 11) is 0. The molecule has 1 atom stereocenters. The zero-order chi connectivity index (χ0) is 16.8. The van der Waals surface area contributed by atoms with Gasteiger partial charge in [-0.3, -0.25) is 4.79 Å². The number of aryl methyl sites for hydroxylation is 1. The van der Waals surface area contributed by atoms with Crippen LogP contribution < -0.4 is 5.32 Å². The summed E-state index contributed by atoms with van der Waals surface area (Å²) in [5, 5.41) is 6.70. The van der Waals surface area contributed by atoms with Gasteiger partial charge in [0.05, 0.1) is 0 Å². The predicted octanol–water partition coefficient (Wildman–Crippen LogP) is 2.32. The summed E-state index contributed by atoms with van der Waals surface area (Å²) in [6.45, 7) is 2.24. The minimum Gasteiger partial charge on any atom is -0.354 e. The highest BCUT2D eigenvalue weighted by Crippen LogP contribution is 2.15. The Morgan fingerprint density at radius 1 is 1.21 bits per heavy atom. The van der Waals surface area contributed by atoms with Gasteiger partial charge in [-0.05, 0) is 24.6 Å². The molecule has 2 aromatic heterocycles. The Morgan fingerprint density at radius 3 is 2.62 bits per heavy atom. The Balaban J connectivity index is 1.63. The molecular formula is C18H20N4O2. The van der Waals surface area contributed by atoms with Crippen LogP contribution in [0.4, 0.5) is 0 Å². The highest BCUT2D eigenvalue weighted by molar-refractivity contribution is 5.80. The maximum Gasteiger partial charge on any atom is 0.243 e.